The molecule has 1 aliphatic carbocycles. The van der Waals surface area contributed by atoms with Crippen LogP contribution in [-0.2, 0) is 13.1 Å². The highest BCUT2D eigenvalue weighted by atomic mass is 79.9. The van der Waals surface area contributed by atoms with E-state index in [1.165, 1.54) is 12.0 Å². The number of furan rings is 1. The van der Waals surface area contributed by atoms with E-state index in [1.54, 1.807) is 0 Å². The third-order valence-corrected chi connectivity index (χ3v) is 4.50. The molecular weight excluding hydrogens is 302 g/mol. The predicted molar refractivity (Wildman–Crippen MR) is 79.9 cm³/mol. The quantitative estimate of drug-likeness (QED) is 0.880. The van der Waals surface area contributed by atoms with Crippen LogP contribution in [0.4, 0.5) is 0 Å². The van der Waals surface area contributed by atoms with Gasteiger partial charge in [-0.15, -0.1) is 0 Å². The number of rotatable bonds is 5. The number of hydrogen-bond donors (Lipinski definition) is 1. The Balaban J connectivity index is 1.52. The number of benzene rings is 1. The average Bonchev–Trinajstić information content (AvgIpc) is 2.96. The van der Waals surface area contributed by atoms with E-state index in [4.69, 9.17) is 4.42 Å². The second-order valence-corrected chi connectivity index (χ2v) is 6.17. The number of hydrogen-bond acceptors (Lipinski definition) is 2. The molecule has 0 bridgehead atoms. The van der Waals surface area contributed by atoms with Gasteiger partial charge in [-0.1, -0.05) is 41.1 Å². The molecule has 1 heterocycles. The molecule has 3 rings (SSSR count). The molecule has 100 valence electrons. The molecule has 1 aromatic heterocycles. The Hall–Kier alpha value is -1.06. The van der Waals surface area contributed by atoms with Gasteiger partial charge in [-0.3, -0.25) is 0 Å². The lowest BCUT2D eigenvalue weighted by molar-refractivity contribution is 0.444. The van der Waals surface area contributed by atoms with Crippen molar-refractivity contribution in [1.29, 1.82) is 0 Å². The monoisotopic (exact) mass is 319 g/mol. The van der Waals surface area contributed by atoms with Crippen molar-refractivity contribution in [1.82, 2.24) is 5.32 Å². The Kier molecular flexibility index (Phi) is 3.76. The van der Waals surface area contributed by atoms with Crippen LogP contribution in [-0.4, -0.2) is 0 Å². The molecule has 0 aliphatic heterocycles. The molecule has 0 spiro atoms. The van der Waals surface area contributed by atoms with Gasteiger partial charge in [-0.25, -0.2) is 0 Å². The smallest absolute Gasteiger partial charge is 0.117 e. The van der Waals surface area contributed by atoms with Crippen molar-refractivity contribution in [3.63, 3.8) is 0 Å². The minimum absolute atomic E-state index is 0.664. The van der Waals surface area contributed by atoms with E-state index in [9.17, 15) is 0 Å². The van der Waals surface area contributed by atoms with E-state index >= 15 is 0 Å². The maximum Gasteiger partial charge on any atom is 0.117 e. The third-order valence-electron chi connectivity index (χ3n) is 3.73. The van der Waals surface area contributed by atoms with Crippen molar-refractivity contribution >= 4 is 15.9 Å². The van der Waals surface area contributed by atoms with Crippen LogP contribution < -0.4 is 5.32 Å². The highest BCUT2D eigenvalue weighted by molar-refractivity contribution is 9.10. The summed E-state index contributed by atoms with van der Waals surface area (Å²) in [6, 6.07) is 12.5. The highest BCUT2D eigenvalue weighted by Crippen LogP contribution is 2.47. The van der Waals surface area contributed by atoms with Crippen molar-refractivity contribution in [2.24, 2.45) is 5.92 Å². The van der Waals surface area contributed by atoms with Crippen molar-refractivity contribution < 1.29 is 4.42 Å². The van der Waals surface area contributed by atoms with Gasteiger partial charge in [-0.05, 0) is 36.1 Å². The van der Waals surface area contributed by atoms with E-state index in [0.29, 0.717) is 5.92 Å². The second-order valence-electron chi connectivity index (χ2n) is 5.32. The fourth-order valence-corrected chi connectivity index (χ4v) is 2.79. The van der Waals surface area contributed by atoms with E-state index in [1.807, 2.05) is 6.07 Å². The van der Waals surface area contributed by atoms with Crippen molar-refractivity contribution in [2.45, 2.75) is 32.4 Å². The van der Waals surface area contributed by atoms with Crippen molar-refractivity contribution in [3.05, 3.63) is 58.0 Å². The molecule has 0 saturated heterocycles. The van der Waals surface area contributed by atoms with Crippen LogP contribution in [0.1, 0.15) is 36.3 Å². The fourth-order valence-electron chi connectivity index (χ4n) is 2.37. The Morgan fingerprint density at radius 3 is 2.74 bits per heavy atom. The molecule has 1 N–H and O–H groups in total. The van der Waals surface area contributed by atoms with Gasteiger partial charge in [-0.2, -0.15) is 0 Å². The Morgan fingerprint density at radius 2 is 2.00 bits per heavy atom. The Labute approximate surface area is 122 Å². The normalized spacial score (nSPS) is 21.6. The minimum atomic E-state index is 0.664. The molecule has 1 saturated carbocycles. The van der Waals surface area contributed by atoms with Gasteiger partial charge in [0, 0.05) is 16.9 Å². The van der Waals surface area contributed by atoms with Crippen LogP contribution >= 0.6 is 15.9 Å². The molecular formula is C16H18BrNO. The lowest BCUT2D eigenvalue weighted by atomic mass is 10.2. The van der Waals surface area contributed by atoms with Gasteiger partial charge in [0.2, 0.25) is 0 Å². The van der Waals surface area contributed by atoms with Crippen LogP contribution in [0.25, 0.3) is 0 Å². The number of nitrogens with one attached hydrogen (secondary N) is 1. The molecule has 1 aromatic carbocycles. The molecule has 0 radical (unpaired) electrons. The number of halogens is 1. The summed E-state index contributed by atoms with van der Waals surface area (Å²) >= 11 is 3.56. The molecule has 19 heavy (non-hydrogen) atoms. The molecule has 2 unspecified atom stereocenters. The van der Waals surface area contributed by atoms with Crippen LogP contribution in [0.5, 0.6) is 0 Å². The van der Waals surface area contributed by atoms with Gasteiger partial charge in [0.25, 0.3) is 0 Å². The van der Waals surface area contributed by atoms with E-state index in [0.717, 1.165) is 35.0 Å². The second kappa shape index (κ2) is 5.51. The molecule has 2 nitrogen and oxygen atoms in total. The van der Waals surface area contributed by atoms with Gasteiger partial charge >= 0.3 is 0 Å². The average molecular weight is 320 g/mol. The molecule has 2 atom stereocenters. The van der Waals surface area contributed by atoms with Gasteiger partial charge in [0.05, 0.1) is 6.54 Å². The summed E-state index contributed by atoms with van der Waals surface area (Å²) in [6.45, 7) is 3.90. The standard InChI is InChI=1S/C16H18BrNO/c1-11-8-14(11)16-7-6-13(19-16)10-18-9-12-4-2-3-5-15(12)17/h2-7,11,14,18H,8-10H2,1H3. The predicted octanol–water partition coefficient (Wildman–Crippen LogP) is 4.46. The summed E-state index contributed by atoms with van der Waals surface area (Å²) in [5, 5.41) is 3.42. The zero-order chi connectivity index (χ0) is 13.2. The molecule has 2 aromatic rings. The van der Waals surface area contributed by atoms with E-state index in [-0.39, 0.29) is 0 Å². The molecule has 3 heteroatoms. The maximum atomic E-state index is 5.87. The first-order valence-electron chi connectivity index (χ1n) is 6.77. The first-order valence-corrected chi connectivity index (χ1v) is 7.56. The SMILES string of the molecule is CC1CC1c1ccc(CNCc2ccccc2Br)o1. The topological polar surface area (TPSA) is 25.2 Å². The third kappa shape index (κ3) is 3.10. The summed E-state index contributed by atoms with van der Waals surface area (Å²) in [4.78, 5) is 0. The highest BCUT2D eigenvalue weighted by Gasteiger charge is 2.36. The first kappa shape index (κ1) is 12.9. The Bertz CT molecular complexity index is 563. The summed E-state index contributed by atoms with van der Waals surface area (Å²) < 4.78 is 7.02. The first-order chi connectivity index (χ1) is 9.24. The zero-order valence-electron chi connectivity index (χ0n) is 11.0. The fraction of sp³-hybridized carbons (Fsp3) is 0.375. The summed E-state index contributed by atoms with van der Waals surface area (Å²) in [6.07, 6.45) is 1.28. The summed E-state index contributed by atoms with van der Waals surface area (Å²) in [7, 11) is 0. The van der Waals surface area contributed by atoms with Crippen LogP contribution in [0, 0.1) is 5.92 Å². The molecule has 0 amide bonds. The lowest BCUT2D eigenvalue weighted by Gasteiger charge is -2.05. The lowest BCUT2D eigenvalue weighted by Crippen LogP contribution is -2.12. The van der Waals surface area contributed by atoms with Crippen molar-refractivity contribution in [2.75, 3.05) is 0 Å². The van der Waals surface area contributed by atoms with Crippen LogP contribution in [0.2, 0.25) is 0 Å². The van der Waals surface area contributed by atoms with Crippen LogP contribution in [0.3, 0.4) is 0 Å². The zero-order valence-corrected chi connectivity index (χ0v) is 12.6. The van der Waals surface area contributed by atoms with Crippen molar-refractivity contribution in [3.8, 4) is 0 Å². The van der Waals surface area contributed by atoms with Crippen LogP contribution in [0.15, 0.2) is 45.3 Å². The largest absolute Gasteiger partial charge is 0.464 e. The minimum Gasteiger partial charge on any atom is -0.464 e. The Morgan fingerprint density at radius 1 is 1.21 bits per heavy atom. The maximum absolute atomic E-state index is 5.87. The van der Waals surface area contributed by atoms with Gasteiger partial charge in [0.15, 0.2) is 0 Å². The summed E-state index contributed by atoms with van der Waals surface area (Å²) in [5.74, 6) is 3.65. The summed E-state index contributed by atoms with van der Waals surface area (Å²) in [5.41, 5.74) is 1.27. The molecule has 1 fully saturated rings. The van der Waals surface area contributed by atoms with E-state index in [2.05, 4.69) is 58.5 Å². The van der Waals surface area contributed by atoms with Gasteiger partial charge < -0.3 is 9.73 Å². The van der Waals surface area contributed by atoms with E-state index < -0.39 is 0 Å². The van der Waals surface area contributed by atoms with Gasteiger partial charge in [0.1, 0.15) is 11.5 Å². The molecule has 1 aliphatic rings.